The van der Waals surface area contributed by atoms with Crippen LogP contribution < -0.4 is 20.9 Å². The van der Waals surface area contributed by atoms with Crippen molar-refractivity contribution in [1.82, 2.24) is 5.43 Å². The first-order valence-electron chi connectivity index (χ1n) is 7.49. The number of carbonyl (C=O) groups is 2. The third-order valence-corrected chi connectivity index (χ3v) is 3.70. The van der Waals surface area contributed by atoms with Crippen molar-refractivity contribution < 1.29 is 14.3 Å². The molecule has 3 amide bonds. The number of hydrazine groups is 1. The molecule has 25 heavy (non-hydrogen) atoms. The third kappa shape index (κ3) is 5.85. The molecule has 8 heteroatoms. The zero-order valence-corrected chi connectivity index (χ0v) is 14.8. The Hall–Kier alpha value is -2.44. The SMILES string of the molecule is NC(=O)N(NC(=O)CCCOc1ccc(Cl)cc1Cl)c1ccccc1. The molecule has 132 valence electrons. The second-order valence-corrected chi connectivity index (χ2v) is 5.91. The number of benzene rings is 2. The van der Waals surface area contributed by atoms with Crippen LogP contribution in [0.5, 0.6) is 5.75 Å². The molecule has 0 radical (unpaired) electrons. The molecule has 0 bridgehead atoms. The van der Waals surface area contributed by atoms with E-state index in [1.54, 1.807) is 48.5 Å². The number of nitrogens with zero attached hydrogens (tertiary/aromatic N) is 1. The maximum Gasteiger partial charge on any atom is 0.338 e. The lowest BCUT2D eigenvalue weighted by Gasteiger charge is -2.21. The molecule has 0 fully saturated rings. The van der Waals surface area contributed by atoms with Crippen LogP contribution in [-0.2, 0) is 4.79 Å². The fraction of sp³-hybridized carbons (Fsp3) is 0.176. The van der Waals surface area contributed by atoms with E-state index >= 15 is 0 Å². The fourth-order valence-electron chi connectivity index (χ4n) is 2.01. The first-order chi connectivity index (χ1) is 12.0. The second kappa shape index (κ2) is 9.15. The van der Waals surface area contributed by atoms with Gasteiger partial charge in [0.1, 0.15) is 5.75 Å². The number of para-hydroxylation sites is 1. The summed E-state index contributed by atoms with van der Waals surface area (Å²) in [5, 5.41) is 1.92. The summed E-state index contributed by atoms with van der Waals surface area (Å²) in [5.74, 6) is 0.142. The van der Waals surface area contributed by atoms with E-state index in [9.17, 15) is 9.59 Å². The Labute approximate surface area is 155 Å². The molecule has 0 saturated heterocycles. The normalized spacial score (nSPS) is 10.2. The summed E-state index contributed by atoms with van der Waals surface area (Å²) in [4.78, 5) is 23.5. The highest BCUT2D eigenvalue weighted by molar-refractivity contribution is 6.35. The van der Waals surface area contributed by atoms with Gasteiger partial charge in [0.15, 0.2) is 0 Å². The molecule has 2 rings (SSSR count). The minimum absolute atomic E-state index is 0.155. The zero-order valence-electron chi connectivity index (χ0n) is 13.2. The highest BCUT2D eigenvalue weighted by atomic mass is 35.5. The number of nitrogens with two attached hydrogens (primary N) is 1. The predicted molar refractivity (Wildman–Crippen MR) is 97.8 cm³/mol. The standard InChI is InChI=1S/C17H17Cl2N3O3/c18-12-8-9-15(14(19)11-12)25-10-4-7-16(23)21-22(17(20)24)13-5-2-1-3-6-13/h1-3,5-6,8-9,11H,4,7,10H2,(H2,20,24)(H,21,23). The molecule has 2 aromatic rings. The van der Waals surface area contributed by atoms with Crippen molar-refractivity contribution >= 4 is 40.8 Å². The van der Waals surface area contributed by atoms with Crippen LogP contribution in [0.2, 0.25) is 10.0 Å². The van der Waals surface area contributed by atoms with Gasteiger partial charge in [-0.3, -0.25) is 10.2 Å². The highest BCUT2D eigenvalue weighted by Crippen LogP contribution is 2.27. The smallest absolute Gasteiger partial charge is 0.338 e. The summed E-state index contributed by atoms with van der Waals surface area (Å²) in [5.41, 5.74) is 8.25. The lowest BCUT2D eigenvalue weighted by Crippen LogP contribution is -2.49. The number of halogens is 2. The molecule has 0 heterocycles. The molecule has 0 aliphatic rings. The van der Waals surface area contributed by atoms with Crippen LogP contribution in [0.3, 0.4) is 0 Å². The number of anilines is 1. The topological polar surface area (TPSA) is 84.7 Å². The molecular weight excluding hydrogens is 365 g/mol. The number of urea groups is 1. The van der Waals surface area contributed by atoms with Gasteiger partial charge < -0.3 is 10.5 Å². The van der Waals surface area contributed by atoms with Gasteiger partial charge in [-0.1, -0.05) is 41.4 Å². The molecule has 0 aliphatic heterocycles. The predicted octanol–water partition coefficient (Wildman–Crippen LogP) is 3.77. The number of ether oxygens (including phenoxy) is 1. The Bertz CT molecular complexity index is 741. The van der Waals surface area contributed by atoms with E-state index in [1.165, 1.54) is 0 Å². The van der Waals surface area contributed by atoms with Crippen LogP contribution in [0, 0.1) is 0 Å². The van der Waals surface area contributed by atoms with Crippen LogP contribution in [0.15, 0.2) is 48.5 Å². The van der Waals surface area contributed by atoms with Gasteiger partial charge in [0.05, 0.1) is 17.3 Å². The number of carbonyl (C=O) groups excluding carboxylic acids is 2. The van der Waals surface area contributed by atoms with Gasteiger partial charge in [-0.25, -0.2) is 9.80 Å². The maximum absolute atomic E-state index is 12.0. The van der Waals surface area contributed by atoms with Gasteiger partial charge in [-0.05, 0) is 36.8 Å². The Balaban J connectivity index is 1.80. The van der Waals surface area contributed by atoms with Gasteiger partial charge in [-0.2, -0.15) is 0 Å². The largest absolute Gasteiger partial charge is 0.492 e. The summed E-state index contributed by atoms with van der Waals surface area (Å²) in [6.45, 7) is 0.288. The molecular formula is C17H17Cl2N3O3. The summed E-state index contributed by atoms with van der Waals surface area (Å²) in [6.07, 6.45) is 0.591. The molecule has 6 nitrogen and oxygen atoms in total. The Kier molecular flexibility index (Phi) is 6.91. The lowest BCUT2D eigenvalue weighted by atomic mass is 10.3. The van der Waals surface area contributed by atoms with E-state index in [-0.39, 0.29) is 18.9 Å². The molecule has 2 aromatic carbocycles. The second-order valence-electron chi connectivity index (χ2n) is 5.07. The van der Waals surface area contributed by atoms with Gasteiger partial charge >= 0.3 is 6.03 Å². The molecule has 0 atom stereocenters. The van der Waals surface area contributed by atoms with Gasteiger partial charge in [0, 0.05) is 11.4 Å². The van der Waals surface area contributed by atoms with Crippen molar-refractivity contribution in [3.05, 3.63) is 58.6 Å². The van der Waals surface area contributed by atoms with E-state index in [0.29, 0.717) is 27.9 Å². The van der Waals surface area contributed by atoms with Crippen molar-refractivity contribution in [2.24, 2.45) is 5.73 Å². The van der Waals surface area contributed by atoms with E-state index in [4.69, 9.17) is 33.7 Å². The number of hydrogen-bond donors (Lipinski definition) is 2. The number of amides is 3. The summed E-state index contributed by atoms with van der Waals surface area (Å²) < 4.78 is 5.50. The van der Waals surface area contributed by atoms with Crippen molar-refractivity contribution in [2.45, 2.75) is 12.8 Å². The minimum atomic E-state index is -0.774. The quantitative estimate of drug-likeness (QED) is 0.589. The molecule has 0 saturated carbocycles. The lowest BCUT2D eigenvalue weighted by molar-refractivity contribution is -0.121. The number of nitrogens with one attached hydrogen (secondary N) is 1. The van der Waals surface area contributed by atoms with Crippen LogP contribution in [0.4, 0.5) is 10.5 Å². The molecule has 0 aliphatic carbocycles. The summed E-state index contributed by atoms with van der Waals surface area (Å²) >= 11 is 11.8. The summed E-state index contributed by atoms with van der Waals surface area (Å²) in [7, 11) is 0. The fourth-order valence-corrected chi connectivity index (χ4v) is 2.47. The monoisotopic (exact) mass is 381 g/mol. The van der Waals surface area contributed by atoms with E-state index in [1.807, 2.05) is 0 Å². The maximum atomic E-state index is 12.0. The van der Waals surface area contributed by atoms with Crippen molar-refractivity contribution in [3.63, 3.8) is 0 Å². The van der Waals surface area contributed by atoms with E-state index in [2.05, 4.69) is 5.43 Å². The number of primary amides is 1. The first kappa shape index (κ1) is 18.9. The molecule has 0 aromatic heterocycles. The Morgan fingerprint density at radius 3 is 2.48 bits per heavy atom. The van der Waals surface area contributed by atoms with Crippen LogP contribution in [0.1, 0.15) is 12.8 Å². The Morgan fingerprint density at radius 1 is 1.12 bits per heavy atom. The van der Waals surface area contributed by atoms with E-state index < -0.39 is 6.03 Å². The average Bonchev–Trinajstić information content (AvgIpc) is 2.58. The highest BCUT2D eigenvalue weighted by Gasteiger charge is 2.15. The Morgan fingerprint density at radius 2 is 1.84 bits per heavy atom. The molecule has 0 unspecified atom stereocenters. The van der Waals surface area contributed by atoms with Crippen LogP contribution in [-0.4, -0.2) is 18.5 Å². The molecule has 0 spiro atoms. The van der Waals surface area contributed by atoms with Crippen LogP contribution in [0.25, 0.3) is 0 Å². The van der Waals surface area contributed by atoms with Gasteiger partial charge in [0.2, 0.25) is 5.91 Å². The number of hydrogen-bond acceptors (Lipinski definition) is 3. The average molecular weight is 382 g/mol. The summed E-state index contributed by atoms with van der Waals surface area (Å²) in [6, 6.07) is 12.7. The third-order valence-electron chi connectivity index (χ3n) is 3.17. The minimum Gasteiger partial charge on any atom is -0.492 e. The molecule has 3 N–H and O–H groups in total. The van der Waals surface area contributed by atoms with Gasteiger partial charge in [0.25, 0.3) is 0 Å². The van der Waals surface area contributed by atoms with Crippen molar-refractivity contribution in [1.29, 1.82) is 0 Å². The first-order valence-corrected chi connectivity index (χ1v) is 8.25. The van der Waals surface area contributed by atoms with Crippen molar-refractivity contribution in [2.75, 3.05) is 11.6 Å². The zero-order chi connectivity index (χ0) is 18.2. The van der Waals surface area contributed by atoms with Gasteiger partial charge in [-0.15, -0.1) is 0 Å². The van der Waals surface area contributed by atoms with Crippen molar-refractivity contribution in [3.8, 4) is 5.75 Å². The van der Waals surface area contributed by atoms with Crippen LogP contribution >= 0.6 is 23.2 Å². The number of rotatable bonds is 6. The van der Waals surface area contributed by atoms with E-state index in [0.717, 1.165) is 5.01 Å².